The van der Waals surface area contributed by atoms with Gasteiger partial charge in [-0.3, -0.25) is 4.79 Å². The van der Waals surface area contributed by atoms with Crippen LogP contribution in [0.4, 0.5) is 13.2 Å². The summed E-state index contributed by atoms with van der Waals surface area (Å²) in [5, 5.41) is -0.924. The fourth-order valence-corrected chi connectivity index (χ4v) is 2.05. The maximum atomic E-state index is 12.3. The summed E-state index contributed by atoms with van der Waals surface area (Å²) in [4.78, 5) is 14.0. The summed E-state index contributed by atoms with van der Waals surface area (Å²) in [6.07, 6.45) is -3.95. The number of aromatic nitrogens is 1. The molecule has 0 aliphatic carbocycles. The first-order valence-electron chi connectivity index (χ1n) is 3.94. The third kappa shape index (κ3) is 1.72. The van der Waals surface area contributed by atoms with Crippen molar-refractivity contribution in [3.8, 4) is 0 Å². The monoisotopic (exact) mass is 231 g/mol. The summed E-state index contributed by atoms with van der Waals surface area (Å²) < 4.78 is 37.3. The van der Waals surface area contributed by atoms with Gasteiger partial charge in [0.2, 0.25) is 0 Å². The van der Waals surface area contributed by atoms with Crippen LogP contribution in [0.15, 0.2) is 18.2 Å². The molecule has 0 aliphatic rings. The van der Waals surface area contributed by atoms with Crippen LogP contribution >= 0.6 is 11.3 Å². The van der Waals surface area contributed by atoms with E-state index in [2.05, 4.69) is 4.98 Å². The molecule has 0 spiro atoms. The molecule has 2 rings (SSSR count). The highest BCUT2D eigenvalue weighted by Crippen LogP contribution is 2.35. The molecule has 1 aromatic heterocycles. The van der Waals surface area contributed by atoms with Crippen LogP contribution in [0, 0.1) is 0 Å². The number of para-hydroxylation sites is 1. The van der Waals surface area contributed by atoms with E-state index in [9.17, 15) is 18.0 Å². The summed E-state index contributed by atoms with van der Waals surface area (Å²) in [6, 6.07) is 4.48. The number of carbonyl (C=O) groups is 1. The zero-order valence-electron chi connectivity index (χ0n) is 7.21. The van der Waals surface area contributed by atoms with Gasteiger partial charge in [-0.25, -0.2) is 4.98 Å². The van der Waals surface area contributed by atoms with Crippen LogP contribution in [0.3, 0.4) is 0 Å². The Hall–Kier alpha value is -1.43. The molecule has 0 bridgehead atoms. The molecular formula is C9H4F3NOS. The third-order valence-electron chi connectivity index (χ3n) is 1.82. The number of benzene rings is 1. The van der Waals surface area contributed by atoms with Crippen LogP contribution in [0.2, 0.25) is 0 Å². The van der Waals surface area contributed by atoms with Gasteiger partial charge in [0, 0.05) is 5.56 Å². The number of thiazole rings is 1. The van der Waals surface area contributed by atoms with Crippen LogP contribution in [0.25, 0.3) is 10.2 Å². The van der Waals surface area contributed by atoms with E-state index in [1.54, 1.807) is 0 Å². The van der Waals surface area contributed by atoms with Crippen molar-refractivity contribution < 1.29 is 18.0 Å². The lowest BCUT2D eigenvalue weighted by molar-refractivity contribution is -0.137. The van der Waals surface area contributed by atoms with E-state index in [4.69, 9.17) is 0 Å². The van der Waals surface area contributed by atoms with Crippen LogP contribution in [0.1, 0.15) is 15.4 Å². The largest absolute Gasteiger partial charge is 0.443 e. The highest BCUT2D eigenvalue weighted by Gasteiger charge is 2.35. The van der Waals surface area contributed by atoms with Gasteiger partial charge in [0.05, 0.1) is 10.2 Å². The Kier molecular flexibility index (Phi) is 2.22. The molecule has 0 unspecified atom stereocenters. The first kappa shape index (κ1) is 10.1. The van der Waals surface area contributed by atoms with Crippen molar-refractivity contribution in [2.45, 2.75) is 6.18 Å². The Morgan fingerprint density at radius 3 is 2.67 bits per heavy atom. The van der Waals surface area contributed by atoms with Crippen molar-refractivity contribution in [1.82, 2.24) is 4.98 Å². The summed E-state index contributed by atoms with van der Waals surface area (Å²) in [5.74, 6) is 0. The normalized spacial score (nSPS) is 11.9. The minimum absolute atomic E-state index is 0.116. The van der Waals surface area contributed by atoms with Gasteiger partial charge in [0.15, 0.2) is 11.3 Å². The van der Waals surface area contributed by atoms with Crippen molar-refractivity contribution in [2.24, 2.45) is 0 Å². The first-order chi connectivity index (χ1) is 7.02. The van der Waals surface area contributed by atoms with Gasteiger partial charge < -0.3 is 0 Å². The minimum atomic E-state index is -4.45. The van der Waals surface area contributed by atoms with E-state index in [0.29, 0.717) is 22.3 Å². The number of fused-ring (bicyclic) bond motifs is 1. The molecule has 78 valence electrons. The van der Waals surface area contributed by atoms with E-state index in [-0.39, 0.29) is 11.1 Å². The maximum Gasteiger partial charge on any atom is 0.443 e. The van der Waals surface area contributed by atoms with Crippen molar-refractivity contribution in [2.75, 3.05) is 0 Å². The highest BCUT2D eigenvalue weighted by molar-refractivity contribution is 7.18. The summed E-state index contributed by atoms with van der Waals surface area (Å²) >= 11 is 0.539. The number of aldehydes is 1. The zero-order chi connectivity index (χ0) is 11.1. The van der Waals surface area contributed by atoms with E-state index in [0.717, 1.165) is 0 Å². The number of carbonyl (C=O) groups excluding carboxylic acids is 1. The number of alkyl halides is 3. The SMILES string of the molecule is O=Cc1cccc2sc(C(F)(F)F)nc12. The third-order valence-corrected chi connectivity index (χ3v) is 2.89. The average molecular weight is 231 g/mol. The summed E-state index contributed by atoms with van der Waals surface area (Å²) in [6.45, 7) is 0. The van der Waals surface area contributed by atoms with Crippen molar-refractivity contribution in [3.05, 3.63) is 28.8 Å². The van der Waals surface area contributed by atoms with E-state index in [1.807, 2.05) is 0 Å². The maximum absolute atomic E-state index is 12.3. The van der Waals surface area contributed by atoms with E-state index >= 15 is 0 Å². The van der Waals surface area contributed by atoms with Crippen LogP contribution in [-0.2, 0) is 6.18 Å². The van der Waals surface area contributed by atoms with Gasteiger partial charge in [-0.2, -0.15) is 13.2 Å². The quantitative estimate of drug-likeness (QED) is 0.706. The zero-order valence-corrected chi connectivity index (χ0v) is 8.02. The molecule has 2 nitrogen and oxygen atoms in total. The Morgan fingerprint density at radius 1 is 1.33 bits per heavy atom. The van der Waals surface area contributed by atoms with Crippen molar-refractivity contribution >= 4 is 27.8 Å². The topological polar surface area (TPSA) is 30.0 Å². The Morgan fingerprint density at radius 2 is 2.07 bits per heavy atom. The summed E-state index contributed by atoms with van der Waals surface area (Å²) in [5.41, 5.74) is 0.295. The van der Waals surface area contributed by atoms with Gasteiger partial charge in [0.1, 0.15) is 0 Å². The fourth-order valence-electron chi connectivity index (χ4n) is 1.19. The lowest BCUT2D eigenvalue weighted by Crippen LogP contribution is -2.03. The molecule has 0 aliphatic heterocycles. The molecular weight excluding hydrogens is 227 g/mol. The molecule has 1 heterocycles. The van der Waals surface area contributed by atoms with Gasteiger partial charge in [0.25, 0.3) is 0 Å². The van der Waals surface area contributed by atoms with E-state index in [1.165, 1.54) is 18.2 Å². The number of halogens is 3. The number of nitrogens with zero attached hydrogens (tertiary/aromatic N) is 1. The molecule has 1 aromatic carbocycles. The van der Waals surface area contributed by atoms with Gasteiger partial charge in [-0.05, 0) is 12.1 Å². The van der Waals surface area contributed by atoms with Crippen LogP contribution in [-0.4, -0.2) is 11.3 Å². The molecule has 15 heavy (non-hydrogen) atoms. The second-order valence-electron chi connectivity index (χ2n) is 2.83. The fraction of sp³-hybridized carbons (Fsp3) is 0.111. The first-order valence-corrected chi connectivity index (χ1v) is 4.76. The molecule has 0 amide bonds. The number of hydrogen-bond donors (Lipinski definition) is 0. The van der Waals surface area contributed by atoms with Gasteiger partial charge in [-0.15, -0.1) is 11.3 Å². The molecule has 0 saturated carbocycles. The molecule has 0 radical (unpaired) electrons. The molecule has 2 aromatic rings. The lowest BCUT2D eigenvalue weighted by Gasteiger charge is -1.98. The predicted octanol–water partition coefficient (Wildman–Crippen LogP) is 3.13. The van der Waals surface area contributed by atoms with Crippen LogP contribution in [0.5, 0.6) is 0 Å². The molecule has 6 heteroatoms. The Labute approximate surface area is 86.4 Å². The molecule has 0 N–H and O–H groups in total. The number of rotatable bonds is 1. The van der Waals surface area contributed by atoms with Crippen molar-refractivity contribution in [1.29, 1.82) is 0 Å². The van der Waals surface area contributed by atoms with Gasteiger partial charge in [-0.1, -0.05) is 6.07 Å². The predicted molar refractivity (Wildman–Crippen MR) is 50.0 cm³/mol. The standard InChI is InChI=1S/C9H4F3NOS/c10-9(11,12)8-13-7-5(4-14)2-1-3-6(7)15-8/h1-4H. The Bertz CT molecular complexity index is 518. The van der Waals surface area contributed by atoms with Crippen molar-refractivity contribution in [3.63, 3.8) is 0 Å². The molecule has 0 atom stereocenters. The second kappa shape index (κ2) is 3.30. The summed E-state index contributed by atoms with van der Waals surface area (Å²) in [7, 11) is 0. The molecule has 0 saturated heterocycles. The highest BCUT2D eigenvalue weighted by atomic mass is 32.1. The van der Waals surface area contributed by atoms with Gasteiger partial charge >= 0.3 is 6.18 Å². The average Bonchev–Trinajstić information content (AvgIpc) is 2.59. The van der Waals surface area contributed by atoms with E-state index < -0.39 is 11.2 Å². The second-order valence-corrected chi connectivity index (χ2v) is 3.86. The lowest BCUT2D eigenvalue weighted by atomic mass is 10.2. The minimum Gasteiger partial charge on any atom is -0.298 e. The Balaban J connectivity index is 2.70. The smallest absolute Gasteiger partial charge is 0.298 e. The number of hydrogen-bond acceptors (Lipinski definition) is 3. The van der Waals surface area contributed by atoms with Crippen LogP contribution < -0.4 is 0 Å². The molecule has 0 fully saturated rings.